The number of hydrazone groups is 1. The lowest BCUT2D eigenvalue weighted by atomic mass is 10.2. The highest BCUT2D eigenvalue weighted by atomic mass is 32.1. The number of rotatable bonds is 5. The number of ether oxygens (including phenoxy) is 1. The fourth-order valence-electron chi connectivity index (χ4n) is 2.33. The second-order valence-corrected chi connectivity index (χ2v) is 6.51. The number of hydrogen-bond acceptors (Lipinski definition) is 7. The van der Waals surface area contributed by atoms with Gasteiger partial charge >= 0.3 is 5.97 Å². The highest BCUT2D eigenvalue weighted by Gasteiger charge is 2.14. The molecular formula is C17H18N4O3S. The summed E-state index contributed by atoms with van der Waals surface area (Å²) in [6, 6.07) is 7.17. The number of esters is 1. The van der Waals surface area contributed by atoms with Crippen LogP contribution in [0.3, 0.4) is 0 Å². The van der Waals surface area contributed by atoms with E-state index in [4.69, 9.17) is 4.74 Å². The number of benzene rings is 1. The van der Waals surface area contributed by atoms with Crippen LogP contribution in [0.1, 0.15) is 36.3 Å². The number of aromatic nitrogens is 1. The van der Waals surface area contributed by atoms with Crippen molar-refractivity contribution < 1.29 is 14.3 Å². The molecule has 0 spiro atoms. The third-order valence-electron chi connectivity index (χ3n) is 3.56. The van der Waals surface area contributed by atoms with E-state index in [9.17, 15) is 9.59 Å². The van der Waals surface area contributed by atoms with Crippen molar-refractivity contribution in [2.75, 3.05) is 16.9 Å². The highest BCUT2D eigenvalue weighted by Crippen LogP contribution is 2.21. The fourth-order valence-corrected chi connectivity index (χ4v) is 3.08. The van der Waals surface area contributed by atoms with Crippen molar-refractivity contribution in [2.45, 2.75) is 26.9 Å². The minimum atomic E-state index is -0.415. The van der Waals surface area contributed by atoms with Crippen LogP contribution in [0.2, 0.25) is 0 Å². The van der Waals surface area contributed by atoms with Crippen LogP contribution in [-0.4, -0.2) is 29.1 Å². The van der Waals surface area contributed by atoms with E-state index in [-0.39, 0.29) is 12.5 Å². The van der Waals surface area contributed by atoms with E-state index < -0.39 is 5.97 Å². The van der Waals surface area contributed by atoms with Crippen LogP contribution in [0.25, 0.3) is 0 Å². The van der Waals surface area contributed by atoms with Crippen molar-refractivity contribution >= 4 is 39.7 Å². The van der Waals surface area contributed by atoms with Gasteiger partial charge < -0.3 is 10.1 Å². The molecule has 130 valence electrons. The van der Waals surface area contributed by atoms with Gasteiger partial charge in [0.1, 0.15) is 6.61 Å². The molecule has 1 aromatic carbocycles. The van der Waals surface area contributed by atoms with Gasteiger partial charge in [-0.2, -0.15) is 5.10 Å². The highest BCUT2D eigenvalue weighted by molar-refractivity contribution is 7.13. The van der Waals surface area contributed by atoms with E-state index in [0.717, 1.165) is 24.4 Å². The average molecular weight is 358 g/mol. The van der Waals surface area contributed by atoms with E-state index in [1.165, 1.54) is 18.3 Å². The van der Waals surface area contributed by atoms with Gasteiger partial charge in [-0.25, -0.2) is 9.78 Å². The molecule has 1 aliphatic heterocycles. The Hall–Kier alpha value is -2.74. The molecule has 3 rings (SSSR count). The van der Waals surface area contributed by atoms with Crippen LogP contribution >= 0.6 is 11.3 Å². The molecule has 2 heterocycles. The number of carbonyl (C=O) groups excluding carboxylic acids is 2. The number of nitrogens with zero attached hydrogens (tertiary/aromatic N) is 3. The van der Waals surface area contributed by atoms with E-state index in [1.54, 1.807) is 17.5 Å². The van der Waals surface area contributed by atoms with Crippen LogP contribution in [0, 0.1) is 0 Å². The summed E-state index contributed by atoms with van der Waals surface area (Å²) in [7, 11) is 0. The second kappa shape index (κ2) is 7.43. The summed E-state index contributed by atoms with van der Waals surface area (Å²) in [5, 5.41) is 11.2. The molecule has 1 N–H and O–H groups in total. The summed E-state index contributed by atoms with van der Waals surface area (Å²) in [5.41, 5.74) is 3.12. The van der Waals surface area contributed by atoms with Crippen molar-refractivity contribution in [3.8, 4) is 0 Å². The lowest BCUT2D eigenvalue weighted by Crippen LogP contribution is -2.12. The summed E-state index contributed by atoms with van der Waals surface area (Å²) in [6.07, 6.45) is 0.956. The van der Waals surface area contributed by atoms with Crippen LogP contribution in [0.4, 0.5) is 10.8 Å². The molecule has 8 heteroatoms. The van der Waals surface area contributed by atoms with Gasteiger partial charge in [-0.3, -0.25) is 9.80 Å². The number of hydrogen-bond donors (Lipinski definition) is 1. The molecule has 0 unspecified atom stereocenters. The predicted octanol–water partition coefficient (Wildman–Crippen LogP) is 3.04. The Kier molecular flexibility index (Phi) is 5.08. The lowest BCUT2D eigenvalue weighted by Gasteiger charge is -2.13. The SMILES string of the molecule is CC(=O)Nc1nc(COC(=O)c2ccc(N3CCC(C)=N3)cc2)cs1. The van der Waals surface area contributed by atoms with Gasteiger partial charge in [-0.15, -0.1) is 11.3 Å². The summed E-state index contributed by atoms with van der Waals surface area (Å²) in [6.45, 7) is 4.34. The van der Waals surface area contributed by atoms with Crippen LogP contribution in [-0.2, 0) is 16.1 Å². The van der Waals surface area contributed by atoms with Gasteiger partial charge in [0, 0.05) is 31.0 Å². The first-order valence-corrected chi connectivity index (χ1v) is 8.70. The first-order chi connectivity index (χ1) is 12.0. The Morgan fingerprint density at radius 1 is 1.32 bits per heavy atom. The maximum atomic E-state index is 12.1. The number of anilines is 2. The van der Waals surface area contributed by atoms with Crippen LogP contribution in [0.15, 0.2) is 34.7 Å². The smallest absolute Gasteiger partial charge is 0.338 e. The van der Waals surface area contributed by atoms with Crippen molar-refractivity contribution in [1.29, 1.82) is 0 Å². The summed E-state index contributed by atoms with van der Waals surface area (Å²) >= 11 is 1.29. The van der Waals surface area contributed by atoms with E-state index in [0.29, 0.717) is 16.4 Å². The van der Waals surface area contributed by atoms with E-state index in [2.05, 4.69) is 15.4 Å². The number of nitrogens with one attached hydrogen (secondary N) is 1. The van der Waals surface area contributed by atoms with Gasteiger partial charge in [0.25, 0.3) is 0 Å². The topological polar surface area (TPSA) is 83.9 Å². The molecule has 7 nitrogen and oxygen atoms in total. The molecule has 0 radical (unpaired) electrons. The second-order valence-electron chi connectivity index (χ2n) is 5.66. The maximum absolute atomic E-state index is 12.1. The van der Waals surface area contributed by atoms with E-state index in [1.807, 2.05) is 24.1 Å². The maximum Gasteiger partial charge on any atom is 0.338 e. The molecule has 0 saturated carbocycles. The van der Waals surface area contributed by atoms with Gasteiger partial charge in [0.05, 0.1) is 16.9 Å². The Balaban J connectivity index is 1.56. The molecule has 0 bridgehead atoms. The normalized spacial score (nSPS) is 13.5. The van der Waals surface area contributed by atoms with Crippen molar-refractivity contribution in [1.82, 2.24) is 4.98 Å². The standard InChI is InChI=1S/C17H18N4O3S/c1-11-7-8-21(20-11)15-5-3-13(4-6-15)16(23)24-9-14-10-25-17(19-14)18-12(2)22/h3-6,10H,7-9H2,1-2H3,(H,18,19,22). The Labute approximate surface area is 149 Å². The van der Waals surface area contributed by atoms with Crippen LogP contribution in [0.5, 0.6) is 0 Å². The van der Waals surface area contributed by atoms with Gasteiger partial charge in [-0.1, -0.05) is 0 Å². The molecule has 0 aliphatic carbocycles. The van der Waals surface area contributed by atoms with Gasteiger partial charge in [0.15, 0.2) is 5.13 Å². The Morgan fingerprint density at radius 2 is 2.08 bits per heavy atom. The molecule has 1 aliphatic rings. The molecule has 25 heavy (non-hydrogen) atoms. The average Bonchev–Trinajstić information content (AvgIpc) is 3.21. The molecule has 0 fully saturated rings. The molecule has 2 aromatic rings. The summed E-state index contributed by atoms with van der Waals surface area (Å²) in [5.74, 6) is -0.600. The quantitative estimate of drug-likeness (QED) is 0.831. The molecular weight excluding hydrogens is 340 g/mol. The van der Waals surface area contributed by atoms with Gasteiger partial charge in [0.2, 0.25) is 5.91 Å². The zero-order valence-corrected chi connectivity index (χ0v) is 14.8. The first-order valence-electron chi connectivity index (χ1n) is 7.82. The zero-order chi connectivity index (χ0) is 17.8. The molecule has 1 amide bonds. The predicted molar refractivity (Wildman–Crippen MR) is 97.1 cm³/mol. The minimum Gasteiger partial charge on any atom is -0.456 e. The minimum absolute atomic E-state index is 0.0618. The third kappa shape index (κ3) is 4.42. The molecule has 1 aromatic heterocycles. The molecule has 0 saturated heterocycles. The number of carbonyl (C=O) groups is 2. The summed E-state index contributed by atoms with van der Waals surface area (Å²) < 4.78 is 5.27. The van der Waals surface area contributed by atoms with E-state index >= 15 is 0 Å². The Bertz CT molecular complexity index is 814. The monoisotopic (exact) mass is 358 g/mol. The van der Waals surface area contributed by atoms with Crippen molar-refractivity contribution in [2.24, 2.45) is 5.10 Å². The van der Waals surface area contributed by atoms with Crippen molar-refractivity contribution in [3.63, 3.8) is 0 Å². The first kappa shape index (κ1) is 17.1. The third-order valence-corrected chi connectivity index (χ3v) is 4.37. The zero-order valence-electron chi connectivity index (χ0n) is 14.0. The summed E-state index contributed by atoms with van der Waals surface area (Å²) in [4.78, 5) is 27.3. The molecule has 0 atom stereocenters. The number of thiazole rings is 1. The fraction of sp³-hybridized carbons (Fsp3) is 0.294. The lowest BCUT2D eigenvalue weighted by molar-refractivity contribution is -0.114. The largest absolute Gasteiger partial charge is 0.456 e. The van der Waals surface area contributed by atoms with Gasteiger partial charge in [-0.05, 0) is 31.2 Å². The van der Waals surface area contributed by atoms with Crippen LogP contribution < -0.4 is 10.3 Å². The number of amides is 1. The Morgan fingerprint density at radius 3 is 2.72 bits per heavy atom. The van der Waals surface area contributed by atoms with Crippen molar-refractivity contribution in [3.05, 3.63) is 40.9 Å².